The van der Waals surface area contributed by atoms with E-state index in [1.54, 1.807) is 11.0 Å². The van der Waals surface area contributed by atoms with Crippen molar-refractivity contribution >= 4 is 5.91 Å². The first-order chi connectivity index (χ1) is 13.5. The lowest BCUT2D eigenvalue weighted by molar-refractivity contribution is -0.142. The summed E-state index contributed by atoms with van der Waals surface area (Å²) in [6.45, 7) is 7.01. The van der Waals surface area contributed by atoms with Crippen molar-refractivity contribution in [2.75, 3.05) is 26.7 Å². The molecule has 154 valence electrons. The number of aromatic nitrogens is 3. The molecule has 1 saturated carbocycles. The molecule has 0 radical (unpaired) electrons. The van der Waals surface area contributed by atoms with Crippen LogP contribution in [0, 0.1) is 11.8 Å². The number of piperidine rings is 3. The predicted molar refractivity (Wildman–Crippen MR) is 106 cm³/mol. The molecule has 28 heavy (non-hydrogen) atoms. The highest BCUT2D eigenvalue weighted by Gasteiger charge is 2.44. The lowest BCUT2D eigenvalue weighted by Crippen LogP contribution is -2.58. The minimum absolute atomic E-state index is 0.101. The highest BCUT2D eigenvalue weighted by atomic mass is 16.3. The maximum absolute atomic E-state index is 12.8. The van der Waals surface area contributed by atoms with Crippen molar-refractivity contribution in [3.63, 3.8) is 0 Å². The van der Waals surface area contributed by atoms with Crippen LogP contribution in [0.2, 0.25) is 0 Å². The number of nitrogens with zero attached hydrogens (tertiary/aromatic N) is 5. The van der Waals surface area contributed by atoms with Gasteiger partial charge in [0.15, 0.2) is 0 Å². The van der Waals surface area contributed by atoms with Gasteiger partial charge in [0.05, 0.1) is 18.7 Å². The number of fused-ring (bicyclic) bond motifs is 3. The first-order valence-electron chi connectivity index (χ1n) is 10.7. The molecule has 7 nitrogen and oxygen atoms in total. The van der Waals surface area contributed by atoms with Crippen LogP contribution in [-0.4, -0.2) is 68.5 Å². The fraction of sp³-hybridized carbons (Fsp3) is 0.762. The Hall–Kier alpha value is -1.73. The zero-order chi connectivity index (χ0) is 19.7. The van der Waals surface area contributed by atoms with E-state index in [1.165, 1.54) is 6.42 Å². The van der Waals surface area contributed by atoms with Gasteiger partial charge in [-0.05, 0) is 38.1 Å². The van der Waals surface area contributed by atoms with Crippen molar-refractivity contribution in [3.05, 3.63) is 24.5 Å². The summed E-state index contributed by atoms with van der Waals surface area (Å²) in [4.78, 5) is 17.0. The summed E-state index contributed by atoms with van der Waals surface area (Å²) in [6, 6.07) is 0.392. The van der Waals surface area contributed by atoms with Gasteiger partial charge in [-0.3, -0.25) is 14.4 Å². The Morgan fingerprint density at radius 2 is 2.21 bits per heavy atom. The summed E-state index contributed by atoms with van der Waals surface area (Å²) in [5.41, 5.74) is -0.0717. The Morgan fingerprint density at radius 1 is 1.43 bits per heavy atom. The molecule has 3 aliphatic heterocycles. The molecule has 0 spiro atoms. The monoisotopic (exact) mass is 387 g/mol. The highest BCUT2D eigenvalue weighted by Crippen LogP contribution is 2.38. The molecule has 4 aliphatic rings. The number of aliphatic hydroxyl groups is 1. The Morgan fingerprint density at radius 3 is 2.89 bits per heavy atom. The lowest BCUT2D eigenvalue weighted by atomic mass is 9.75. The zero-order valence-electron chi connectivity index (χ0n) is 17.0. The van der Waals surface area contributed by atoms with Gasteiger partial charge in [0.1, 0.15) is 11.3 Å². The third-order valence-electron chi connectivity index (χ3n) is 7.07. The van der Waals surface area contributed by atoms with Gasteiger partial charge < -0.3 is 10.0 Å². The average Bonchev–Trinajstić information content (AvgIpc) is 3.18. The molecule has 4 heterocycles. The second-order valence-electron chi connectivity index (χ2n) is 8.97. The third kappa shape index (κ3) is 3.74. The number of likely N-dealkylation sites (N-methyl/N-ethyl adjacent to an activating group) is 1. The first-order valence-corrected chi connectivity index (χ1v) is 10.7. The topological polar surface area (TPSA) is 74.5 Å². The maximum atomic E-state index is 12.8. The quantitative estimate of drug-likeness (QED) is 0.753. The van der Waals surface area contributed by atoms with Crippen molar-refractivity contribution in [1.29, 1.82) is 0 Å². The summed E-state index contributed by atoms with van der Waals surface area (Å²) in [7, 11) is 1.87. The first kappa shape index (κ1) is 19.6. The van der Waals surface area contributed by atoms with Crippen LogP contribution >= 0.6 is 0 Å². The minimum atomic E-state index is -0.796. The van der Waals surface area contributed by atoms with E-state index in [1.807, 2.05) is 17.9 Å². The van der Waals surface area contributed by atoms with E-state index in [2.05, 4.69) is 21.8 Å². The standard InChI is InChI=1S/C21H33N5O2/c1-3-10-24(2)20(27)18-14-25-11-7-16(18)12-17(25)13-26-15-19(22-23-26)21(28)8-5-4-6-9-21/h3,15-18,28H,1,4-14H2,2H3/t16-,17-,18-/m1/s1. The second-order valence-corrected chi connectivity index (χ2v) is 8.97. The molecule has 1 aliphatic carbocycles. The number of carbonyl (C=O) groups is 1. The van der Waals surface area contributed by atoms with Crippen LogP contribution in [0.25, 0.3) is 0 Å². The number of rotatable bonds is 6. The zero-order valence-corrected chi connectivity index (χ0v) is 17.0. The van der Waals surface area contributed by atoms with Crippen LogP contribution in [0.3, 0.4) is 0 Å². The fourth-order valence-electron chi connectivity index (χ4n) is 5.38. The normalized spacial score (nSPS) is 31.5. The number of hydrogen-bond donors (Lipinski definition) is 1. The Bertz CT molecular complexity index is 711. The molecular weight excluding hydrogens is 354 g/mol. The predicted octanol–water partition coefficient (Wildman–Crippen LogP) is 1.78. The van der Waals surface area contributed by atoms with E-state index in [0.29, 0.717) is 18.5 Å². The number of hydrogen-bond acceptors (Lipinski definition) is 5. The molecule has 4 atom stereocenters. The fourth-order valence-corrected chi connectivity index (χ4v) is 5.38. The number of carbonyl (C=O) groups excluding carboxylic acids is 1. The van der Waals surface area contributed by atoms with Gasteiger partial charge in [0.25, 0.3) is 0 Å². The van der Waals surface area contributed by atoms with Gasteiger partial charge in [0.2, 0.25) is 5.91 Å². The van der Waals surface area contributed by atoms with Gasteiger partial charge >= 0.3 is 0 Å². The highest BCUT2D eigenvalue weighted by molar-refractivity contribution is 5.79. The molecule has 7 heteroatoms. The Balaban J connectivity index is 1.39. The van der Waals surface area contributed by atoms with Crippen LogP contribution in [0.5, 0.6) is 0 Å². The molecule has 2 bridgehead atoms. The molecular formula is C21H33N5O2. The molecule has 1 amide bonds. The molecule has 1 N–H and O–H groups in total. The third-order valence-corrected chi connectivity index (χ3v) is 7.07. The summed E-state index contributed by atoms with van der Waals surface area (Å²) < 4.78 is 1.90. The molecule has 3 saturated heterocycles. The van der Waals surface area contributed by atoms with Crippen LogP contribution in [0.15, 0.2) is 18.9 Å². The van der Waals surface area contributed by atoms with Gasteiger partial charge in [0, 0.05) is 26.2 Å². The van der Waals surface area contributed by atoms with Gasteiger partial charge in [-0.15, -0.1) is 11.7 Å². The van der Waals surface area contributed by atoms with Crippen molar-refractivity contribution in [1.82, 2.24) is 24.8 Å². The van der Waals surface area contributed by atoms with Crippen LogP contribution < -0.4 is 0 Å². The molecule has 0 aromatic carbocycles. The van der Waals surface area contributed by atoms with Crippen LogP contribution in [-0.2, 0) is 16.9 Å². The second kappa shape index (κ2) is 7.95. The summed E-state index contributed by atoms with van der Waals surface area (Å²) in [5.74, 6) is 0.792. The van der Waals surface area contributed by atoms with E-state index >= 15 is 0 Å². The van der Waals surface area contributed by atoms with Crippen molar-refractivity contribution in [3.8, 4) is 0 Å². The maximum Gasteiger partial charge on any atom is 0.227 e. The summed E-state index contributed by atoms with van der Waals surface area (Å²) in [6.07, 6.45) is 10.7. The van der Waals surface area contributed by atoms with Crippen molar-refractivity contribution in [2.24, 2.45) is 11.8 Å². The molecule has 5 rings (SSSR count). The largest absolute Gasteiger partial charge is 0.383 e. The van der Waals surface area contributed by atoms with Gasteiger partial charge in [-0.25, -0.2) is 0 Å². The van der Waals surface area contributed by atoms with E-state index < -0.39 is 5.60 Å². The van der Waals surface area contributed by atoms with Crippen molar-refractivity contribution in [2.45, 2.75) is 63.1 Å². The molecule has 1 unspecified atom stereocenters. The molecule has 1 aromatic heterocycles. The van der Waals surface area contributed by atoms with Crippen LogP contribution in [0.1, 0.15) is 50.6 Å². The van der Waals surface area contributed by atoms with Gasteiger partial charge in [-0.1, -0.05) is 30.6 Å². The average molecular weight is 388 g/mol. The van der Waals surface area contributed by atoms with E-state index in [0.717, 1.165) is 63.9 Å². The smallest absolute Gasteiger partial charge is 0.227 e. The Kier molecular flexibility index (Phi) is 5.56. The number of amides is 1. The van der Waals surface area contributed by atoms with E-state index in [9.17, 15) is 9.90 Å². The van der Waals surface area contributed by atoms with Gasteiger partial charge in [-0.2, -0.15) is 0 Å². The molecule has 4 fully saturated rings. The van der Waals surface area contributed by atoms with E-state index in [-0.39, 0.29) is 11.8 Å². The van der Waals surface area contributed by atoms with Crippen LogP contribution in [0.4, 0.5) is 0 Å². The van der Waals surface area contributed by atoms with Crippen molar-refractivity contribution < 1.29 is 9.90 Å². The molecule has 1 aromatic rings. The Labute approximate surface area is 167 Å². The van der Waals surface area contributed by atoms with E-state index in [4.69, 9.17) is 0 Å². The summed E-state index contributed by atoms with van der Waals surface area (Å²) in [5, 5.41) is 19.5. The minimum Gasteiger partial charge on any atom is -0.383 e. The lowest BCUT2D eigenvalue weighted by Gasteiger charge is -2.49. The SMILES string of the molecule is C=CCN(C)C(=O)[C@@H]1CN2CC[C@@H]1C[C@@H]2Cn1cc(C2(O)CCCCC2)nn1. The summed E-state index contributed by atoms with van der Waals surface area (Å²) >= 11 is 0.